The van der Waals surface area contributed by atoms with Gasteiger partial charge in [-0.2, -0.15) is 5.10 Å². The number of aromatic nitrogens is 2. The Bertz CT molecular complexity index is 344. The van der Waals surface area contributed by atoms with Crippen LogP contribution in [0.15, 0.2) is 6.20 Å². The maximum atomic E-state index is 5.97. The van der Waals surface area contributed by atoms with E-state index in [1.165, 1.54) is 0 Å². The van der Waals surface area contributed by atoms with Crippen molar-refractivity contribution in [1.29, 1.82) is 0 Å². The Hall–Kier alpha value is -0.810. The van der Waals surface area contributed by atoms with Crippen molar-refractivity contribution in [2.24, 2.45) is 7.05 Å². The molecule has 2 N–H and O–H groups in total. The Balaban J connectivity index is 2.43. The lowest BCUT2D eigenvalue weighted by Crippen LogP contribution is -2.40. The summed E-state index contributed by atoms with van der Waals surface area (Å²) in [6, 6.07) is 0.377. The van der Waals surface area contributed by atoms with Crippen LogP contribution in [0.4, 0.5) is 0 Å². The van der Waals surface area contributed by atoms with Crippen LogP contribution in [0.25, 0.3) is 0 Å². The van der Waals surface area contributed by atoms with Crippen molar-refractivity contribution in [2.75, 3.05) is 0 Å². The third-order valence-corrected chi connectivity index (χ3v) is 2.99. The van der Waals surface area contributed by atoms with Crippen molar-refractivity contribution in [2.45, 2.75) is 32.9 Å². The standard InChI is InChI=1S/C10H17ClN4S/c1-4-7(2)14-10(16)12-6-9-8(11)5-13-15(9)3/h5,7H,4,6H2,1-3H3,(H2,12,14,16). The highest BCUT2D eigenvalue weighted by atomic mass is 35.5. The van der Waals surface area contributed by atoms with Crippen LogP contribution < -0.4 is 10.6 Å². The molecule has 1 unspecified atom stereocenters. The van der Waals surface area contributed by atoms with Gasteiger partial charge >= 0.3 is 0 Å². The number of halogens is 1. The third-order valence-electron chi connectivity index (χ3n) is 2.42. The molecule has 0 bridgehead atoms. The van der Waals surface area contributed by atoms with Gasteiger partial charge in [-0.1, -0.05) is 18.5 Å². The van der Waals surface area contributed by atoms with E-state index in [0.29, 0.717) is 22.7 Å². The van der Waals surface area contributed by atoms with Crippen molar-refractivity contribution in [3.63, 3.8) is 0 Å². The predicted molar refractivity (Wildman–Crippen MR) is 70.5 cm³/mol. The van der Waals surface area contributed by atoms with E-state index < -0.39 is 0 Å². The molecule has 0 saturated heterocycles. The lowest BCUT2D eigenvalue weighted by atomic mass is 10.3. The molecule has 0 radical (unpaired) electrons. The smallest absolute Gasteiger partial charge is 0.166 e. The molecule has 1 heterocycles. The highest BCUT2D eigenvalue weighted by Crippen LogP contribution is 2.13. The minimum absolute atomic E-state index is 0.377. The van der Waals surface area contributed by atoms with Gasteiger partial charge in [0.2, 0.25) is 0 Å². The summed E-state index contributed by atoms with van der Waals surface area (Å²) >= 11 is 11.1. The zero-order valence-electron chi connectivity index (χ0n) is 9.75. The molecule has 90 valence electrons. The van der Waals surface area contributed by atoms with Gasteiger partial charge in [-0.15, -0.1) is 0 Å². The van der Waals surface area contributed by atoms with Gasteiger partial charge in [-0.25, -0.2) is 0 Å². The minimum atomic E-state index is 0.377. The van der Waals surface area contributed by atoms with Crippen LogP contribution in [-0.2, 0) is 13.6 Å². The molecule has 0 aliphatic heterocycles. The number of hydrogen-bond acceptors (Lipinski definition) is 2. The number of aryl methyl sites for hydroxylation is 1. The van der Waals surface area contributed by atoms with E-state index in [4.69, 9.17) is 23.8 Å². The number of rotatable bonds is 4. The average Bonchev–Trinajstić information content (AvgIpc) is 2.56. The molecule has 1 aromatic heterocycles. The van der Waals surface area contributed by atoms with E-state index in [-0.39, 0.29) is 0 Å². The summed E-state index contributed by atoms with van der Waals surface area (Å²) in [6.07, 6.45) is 2.66. The van der Waals surface area contributed by atoms with Crippen LogP contribution >= 0.6 is 23.8 Å². The van der Waals surface area contributed by atoms with Crippen LogP contribution in [0.1, 0.15) is 26.0 Å². The van der Waals surface area contributed by atoms with E-state index in [1.54, 1.807) is 10.9 Å². The van der Waals surface area contributed by atoms with E-state index in [0.717, 1.165) is 12.1 Å². The van der Waals surface area contributed by atoms with Gasteiger partial charge in [0.05, 0.1) is 23.5 Å². The van der Waals surface area contributed by atoms with Gasteiger partial charge in [0.1, 0.15) is 0 Å². The highest BCUT2D eigenvalue weighted by Gasteiger charge is 2.07. The van der Waals surface area contributed by atoms with Crippen LogP contribution in [-0.4, -0.2) is 20.9 Å². The zero-order valence-corrected chi connectivity index (χ0v) is 11.3. The number of hydrogen-bond donors (Lipinski definition) is 2. The summed E-state index contributed by atoms with van der Waals surface area (Å²) in [5.74, 6) is 0. The normalized spacial score (nSPS) is 12.2. The SMILES string of the molecule is CCC(C)NC(=S)NCc1c(Cl)cnn1C. The molecule has 6 heteroatoms. The molecule has 0 fully saturated rings. The Morgan fingerprint density at radius 3 is 2.88 bits per heavy atom. The fourth-order valence-corrected chi connectivity index (χ4v) is 1.68. The molecule has 1 rings (SSSR count). The predicted octanol–water partition coefficient (Wildman–Crippen LogP) is 1.84. The maximum absolute atomic E-state index is 5.97. The second kappa shape index (κ2) is 6.06. The van der Waals surface area contributed by atoms with Gasteiger partial charge in [0.15, 0.2) is 5.11 Å². The highest BCUT2D eigenvalue weighted by molar-refractivity contribution is 7.80. The first-order chi connectivity index (χ1) is 7.54. The lowest BCUT2D eigenvalue weighted by Gasteiger charge is -2.15. The van der Waals surface area contributed by atoms with Crippen LogP contribution in [0.2, 0.25) is 5.02 Å². The quantitative estimate of drug-likeness (QED) is 0.811. The second-order valence-electron chi connectivity index (χ2n) is 3.70. The molecule has 16 heavy (non-hydrogen) atoms. The minimum Gasteiger partial charge on any atom is -0.360 e. The summed E-state index contributed by atoms with van der Waals surface area (Å²) in [5.41, 5.74) is 0.926. The summed E-state index contributed by atoms with van der Waals surface area (Å²) < 4.78 is 1.74. The first-order valence-corrected chi connectivity index (χ1v) is 6.04. The molecule has 0 aliphatic rings. The van der Waals surface area contributed by atoms with Gasteiger partial charge < -0.3 is 10.6 Å². The summed E-state index contributed by atoms with van der Waals surface area (Å²) in [4.78, 5) is 0. The Morgan fingerprint density at radius 1 is 1.69 bits per heavy atom. The van der Waals surface area contributed by atoms with E-state index >= 15 is 0 Å². The number of nitrogens with zero attached hydrogens (tertiary/aromatic N) is 2. The summed E-state index contributed by atoms with van der Waals surface area (Å²) in [5, 5.41) is 11.6. The maximum Gasteiger partial charge on any atom is 0.166 e. The first kappa shape index (κ1) is 13.3. The Labute approximate surface area is 106 Å². The number of thiocarbonyl (C=S) groups is 1. The van der Waals surface area contributed by atoms with Crippen molar-refractivity contribution in [3.8, 4) is 0 Å². The summed E-state index contributed by atoms with van der Waals surface area (Å²) in [6.45, 7) is 4.78. The lowest BCUT2D eigenvalue weighted by molar-refractivity contribution is 0.625. The molecular formula is C10H17ClN4S. The van der Waals surface area contributed by atoms with Crippen molar-refractivity contribution < 1.29 is 0 Å². The fourth-order valence-electron chi connectivity index (χ4n) is 1.18. The van der Waals surface area contributed by atoms with E-state index in [2.05, 4.69) is 29.6 Å². The monoisotopic (exact) mass is 260 g/mol. The average molecular weight is 261 g/mol. The molecule has 1 aromatic rings. The largest absolute Gasteiger partial charge is 0.360 e. The van der Waals surface area contributed by atoms with Crippen LogP contribution in [0, 0.1) is 0 Å². The Kier molecular flexibility index (Phi) is 5.02. The first-order valence-electron chi connectivity index (χ1n) is 5.25. The molecule has 0 aromatic carbocycles. The zero-order chi connectivity index (χ0) is 12.1. The van der Waals surface area contributed by atoms with Crippen molar-refractivity contribution >= 4 is 28.9 Å². The summed E-state index contributed by atoms with van der Waals surface area (Å²) in [7, 11) is 1.86. The molecular weight excluding hydrogens is 244 g/mol. The molecule has 4 nitrogen and oxygen atoms in total. The second-order valence-corrected chi connectivity index (χ2v) is 4.51. The van der Waals surface area contributed by atoms with Crippen LogP contribution in [0.5, 0.6) is 0 Å². The molecule has 0 amide bonds. The van der Waals surface area contributed by atoms with Gasteiger partial charge in [0, 0.05) is 13.1 Å². The van der Waals surface area contributed by atoms with E-state index in [9.17, 15) is 0 Å². The van der Waals surface area contributed by atoms with Crippen molar-refractivity contribution in [1.82, 2.24) is 20.4 Å². The molecule has 0 aliphatic carbocycles. The van der Waals surface area contributed by atoms with Gasteiger partial charge in [-0.3, -0.25) is 4.68 Å². The van der Waals surface area contributed by atoms with Crippen LogP contribution in [0.3, 0.4) is 0 Å². The third kappa shape index (κ3) is 3.64. The van der Waals surface area contributed by atoms with Crippen molar-refractivity contribution in [3.05, 3.63) is 16.9 Å². The van der Waals surface area contributed by atoms with E-state index in [1.807, 2.05) is 7.05 Å². The molecule has 1 atom stereocenters. The molecule has 0 saturated carbocycles. The topological polar surface area (TPSA) is 41.9 Å². The number of nitrogens with one attached hydrogen (secondary N) is 2. The van der Waals surface area contributed by atoms with Gasteiger partial charge in [0.25, 0.3) is 0 Å². The molecule has 0 spiro atoms. The Morgan fingerprint density at radius 2 is 2.38 bits per heavy atom. The van der Waals surface area contributed by atoms with Gasteiger partial charge in [-0.05, 0) is 25.6 Å². The fraction of sp³-hybridized carbons (Fsp3) is 0.600.